The van der Waals surface area contributed by atoms with Crippen LogP contribution in [0.5, 0.6) is 5.75 Å². The Balaban J connectivity index is 2.36. The molecule has 0 spiro atoms. The Kier molecular flexibility index (Phi) is 7.15. The van der Waals surface area contributed by atoms with Crippen molar-refractivity contribution in [1.29, 1.82) is 0 Å². The maximum atomic E-state index is 12.5. The van der Waals surface area contributed by atoms with Gasteiger partial charge in [-0.25, -0.2) is 4.79 Å². The molecule has 0 heterocycles. The quantitative estimate of drug-likeness (QED) is 0.717. The van der Waals surface area contributed by atoms with Gasteiger partial charge in [-0.2, -0.15) is 13.2 Å². The molecular formula is C15H21F3N2O3. The molecule has 0 radical (unpaired) electrons. The highest BCUT2D eigenvalue weighted by Crippen LogP contribution is 2.31. The summed E-state index contributed by atoms with van der Waals surface area (Å²) in [6, 6.07) is 3.96. The number of carbonyl (C=O) groups is 1. The summed E-state index contributed by atoms with van der Waals surface area (Å²) in [6.45, 7) is 4.09. The number of nitrogens with one attached hydrogen (secondary N) is 2. The molecule has 5 nitrogen and oxygen atoms in total. The Hall–Kier alpha value is -1.96. The molecule has 1 unspecified atom stereocenters. The zero-order chi connectivity index (χ0) is 17.5. The first-order valence-corrected chi connectivity index (χ1v) is 7.18. The molecule has 0 bridgehead atoms. The summed E-state index contributed by atoms with van der Waals surface area (Å²) in [6.07, 6.45) is -5.48. The summed E-state index contributed by atoms with van der Waals surface area (Å²) in [4.78, 5) is 11.4. The van der Waals surface area contributed by atoms with Gasteiger partial charge < -0.3 is 20.5 Å². The van der Waals surface area contributed by atoms with Crippen molar-refractivity contribution < 1.29 is 27.8 Å². The van der Waals surface area contributed by atoms with Gasteiger partial charge in [0.2, 0.25) is 0 Å². The number of ether oxygens (including phenoxy) is 1. The van der Waals surface area contributed by atoms with E-state index in [1.54, 1.807) is 0 Å². The lowest BCUT2D eigenvalue weighted by molar-refractivity contribution is -0.137. The van der Waals surface area contributed by atoms with Gasteiger partial charge in [0.1, 0.15) is 18.5 Å². The van der Waals surface area contributed by atoms with Gasteiger partial charge in [0.05, 0.1) is 5.56 Å². The maximum absolute atomic E-state index is 12.5. The van der Waals surface area contributed by atoms with Gasteiger partial charge in [-0.1, -0.05) is 19.9 Å². The zero-order valence-electron chi connectivity index (χ0n) is 13.0. The van der Waals surface area contributed by atoms with Crippen LogP contribution in [0.3, 0.4) is 0 Å². The van der Waals surface area contributed by atoms with E-state index in [1.165, 1.54) is 12.1 Å². The number of halogens is 3. The Bertz CT molecular complexity index is 507. The summed E-state index contributed by atoms with van der Waals surface area (Å²) in [5.41, 5.74) is -0.823. The molecule has 8 heteroatoms. The molecule has 0 saturated carbocycles. The molecule has 0 aliphatic heterocycles. The maximum Gasteiger partial charge on any atom is 0.416 e. The number of rotatable bonds is 7. The van der Waals surface area contributed by atoms with Crippen molar-refractivity contribution in [3.05, 3.63) is 29.8 Å². The molecule has 0 aromatic heterocycles. The molecule has 1 aromatic rings. The molecule has 1 rings (SSSR count). The van der Waals surface area contributed by atoms with E-state index < -0.39 is 23.9 Å². The molecule has 0 aliphatic carbocycles. The lowest BCUT2D eigenvalue weighted by Crippen LogP contribution is -2.42. The van der Waals surface area contributed by atoms with Crippen molar-refractivity contribution in [2.45, 2.75) is 26.1 Å². The number of amides is 2. The smallest absolute Gasteiger partial charge is 0.416 e. The van der Waals surface area contributed by atoms with Crippen molar-refractivity contribution >= 4 is 6.03 Å². The van der Waals surface area contributed by atoms with Gasteiger partial charge >= 0.3 is 12.2 Å². The zero-order valence-corrected chi connectivity index (χ0v) is 13.0. The van der Waals surface area contributed by atoms with Crippen molar-refractivity contribution in [2.24, 2.45) is 5.92 Å². The Labute approximate surface area is 132 Å². The van der Waals surface area contributed by atoms with Crippen LogP contribution in [-0.4, -0.2) is 36.9 Å². The molecular weight excluding hydrogens is 313 g/mol. The predicted octanol–water partition coefficient (Wildman–Crippen LogP) is 2.40. The monoisotopic (exact) mass is 334 g/mol. The van der Waals surface area contributed by atoms with Gasteiger partial charge in [0, 0.05) is 13.1 Å². The van der Waals surface area contributed by atoms with Crippen molar-refractivity contribution in [3.63, 3.8) is 0 Å². The van der Waals surface area contributed by atoms with E-state index in [2.05, 4.69) is 10.6 Å². The van der Waals surface area contributed by atoms with Crippen molar-refractivity contribution in [1.82, 2.24) is 10.6 Å². The average Bonchev–Trinajstić information content (AvgIpc) is 2.48. The second-order valence-electron chi connectivity index (χ2n) is 5.48. The molecule has 1 aromatic carbocycles. The molecule has 23 heavy (non-hydrogen) atoms. The van der Waals surface area contributed by atoms with E-state index in [4.69, 9.17) is 4.74 Å². The van der Waals surface area contributed by atoms with E-state index in [1.807, 2.05) is 13.8 Å². The highest BCUT2D eigenvalue weighted by molar-refractivity contribution is 5.73. The standard InChI is InChI=1S/C15H21F3N2O3/c1-10(2)7-19-14(22)20-8-12(21)9-23-13-5-3-4-11(6-13)15(16,17)18/h3-6,10,12,21H,7-9H2,1-2H3,(H2,19,20,22). The lowest BCUT2D eigenvalue weighted by Gasteiger charge is -2.15. The van der Waals surface area contributed by atoms with Gasteiger partial charge in [-0.3, -0.25) is 0 Å². The van der Waals surface area contributed by atoms with Crippen LogP contribution in [-0.2, 0) is 6.18 Å². The molecule has 3 N–H and O–H groups in total. The third kappa shape index (κ3) is 7.73. The Morgan fingerprint density at radius 3 is 2.52 bits per heavy atom. The highest BCUT2D eigenvalue weighted by atomic mass is 19.4. The number of urea groups is 1. The van der Waals surface area contributed by atoms with Crippen LogP contribution < -0.4 is 15.4 Å². The van der Waals surface area contributed by atoms with Crippen LogP contribution in [0.25, 0.3) is 0 Å². The SMILES string of the molecule is CC(C)CNC(=O)NCC(O)COc1cccc(C(F)(F)F)c1. The van der Waals surface area contributed by atoms with Crippen LogP contribution >= 0.6 is 0 Å². The summed E-state index contributed by atoms with van der Waals surface area (Å²) < 4.78 is 42.8. The molecule has 1 atom stereocenters. The number of hydrogen-bond donors (Lipinski definition) is 3. The minimum Gasteiger partial charge on any atom is -0.491 e. The largest absolute Gasteiger partial charge is 0.491 e. The first-order valence-electron chi connectivity index (χ1n) is 7.18. The molecule has 2 amide bonds. The fraction of sp³-hybridized carbons (Fsp3) is 0.533. The summed E-state index contributed by atoms with van der Waals surface area (Å²) in [5.74, 6) is 0.304. The van der Waals surface area contributed by atoms with Crippen LogP contribution in [0.1, 0.15) is 19.4 Å². The van der Waals surface area contributed by atoms with Gasteiger partial charge in [0.15, 0.2) is 0 Å². The normalized spacial score (nSPS) is 12.8. The Morgan fingerprint density at radius 1 is 1.26 bits per heavy atom. The summed E-state index contributed by atoms with van der Waals surface area (Å²) in [7, 11) is 0. The minimum absolute atomic E-state index is 0.00290. The molecule has 0 aliphatic rings. The van der Waals surface area contributed by atoms with Gasteiger partial charge in [-0.15, -0.1) is 0 Å². The first kappa shape index (κ1) is 19.1. The van der Waals surface area contributed by atoms with Gasteiger partial charge in [-0.05, 0) is 24.1 Å². The van der Waals surface area contributed by atoms with Crippen LogP contribution in [0.2, 0.25) is 0 Å². The fourth-order valence-corrected chi connectivity index (χ4v) is 1.58. The lowest BCUT2D eigenvalue weighted by atomic mass is 10.2. The second-order valence-corrected chi connectivity index (χ2v) is 5.48. The van der Waals surface area contributed by atoms with Crippen molar-refractivity contribution in [3.8, 4) is 5.75 Å². The minimum atomic E-state index is -4.45. The van der Waals surface area contributed by atoms with E-state index in [0.29, 0.717) is 12.5 Å². The first-order chi connectivity index (χ1) is 10.7. The highest BCUT2D eigenvalue weighted by Gasteiger charge is 2.30. The third-order valence-corrected chi connectivity index (χ3v) is 2.77. The van der Waals surface area contributed by atoms with Gasteiger partial charge in [0.25, 0.3) is 0 Å². The predicted molar refractivity (Wildman–Crippen MR) is 79.2 cm³/mol. The molecule has 0 saturated heterocycles. The average molecular weight is 334 g/mol. The fourth-order valence-electron chi connectivity index (χ4n) is 1.58. The van der Waals surface area contributed by atoms with Crippen LogP contribution in [0.15, 0.2) is 24.3 Å². The van der Waals surface area contributed by atoms with Crippen LogP contribution in [0.4, 0.5) is 18.0 Å². The van der Waals surface area contributed by atoms with Crippen molar-refractivity contribution in [2.75, 3.05) is 19.7 Å². The summed E-state index contributed by atoms with van der Waals surface area (Å²) >= 11 is 0. The van der Waals surface area contributed by atoms with E-state index in [0.717, 1.165) is 12.1 Å². The van der Waals surface area contributed by atoms with E-state index in [9.17, 15) is 23.1 Å². The third-order valence-electron chi connectivity index (χ3n) is 2.77. The second kappa shape index (κ2) is 8.61. The topological polar surface area (TPSA) is 70.6 Å². The number of hydrogen-bond acceptors (Lipinski definition) is 3. The summed E-state index contributed by atoms with van der Waals surface area (Å²) in [5, 5.41) is 14.7. The van der Waals surface area contributed by atoms with E-state index in [-0.39, 0.29) is 18.9 Å². The number of alkyl halides is 3. The number of aliphatic hydroxyl groups is 1. The Morgan fingerprint density at radius 2 is 1.91 bits per heavy atom. The molecule has 0 fully saturated rings. The number of benzene rings is 1. The van der Waals surface area contributed by atoms with Crippen LogP contribution in [0, 0.1) is 5.92 Å². The number of aliphatic hydroxyl groups excluding tert-OH is 1. The number of carbonyl (C=O) groups excluding carboxylic acids is 1. The molecule has 130 valence electrons. The van der Waals surface area contributed by atoms with E-state index >= 15 is 0 Å².